The van der Waals surface area contributed by atoms with E-state index in [1.165, 1.54) is 18.4 Å². The first-order valence-corrected chi connectivity index (χ1v) is 6.06. The van der Waals surface area contributed by atoms with Crippen LogP contribution < -0.4 is 19.5 Å². The van der Waals surface area contributed by atoms with Crippen molar-refractivity contribution in [2.45, 2.75) is 25.3 Å². The summed E-state index contributed by atoms with van der Waals surface area (Å²) in [5.41, 5.74) is 1.19. The van der Waals surface area contributed by atoms with Gasteiger partial charge in [0.25, 0.3) is 0 Å². The van der Waals surface area contributed by atoms with Gasteiger partial charge in [0.05, 0.1) is 7.11 Å². The molecule has 2 heterocycles. The number of hydrogen-bond donors (Lipinski definition) is 1. The molecule has 0 radical (unpaired) electrons. The predicted molar refractivity (Wildman–Crippen MR) is 63.8 cm³/mol. The lowest BCUT2D eigenvalue weighted by Crippen LogP contribution is -2.23. The number of ether oxygens (including phenoxy) is 3. The SMILES string of the molecule is COc1cc2c(cc1CC1CCCN1)OCO2. The van der Waals surface area contributed by atoms with Gasteiger partial charge >= 0.3 is 0 Å². The molecule has 2 aliphatic heterocycles. The maximum Gasteiger partial charge on any atom is 0.231 e. The second-order valence-corrected chi connectivity index (χ2v) is 4.51. The molecule has 0 saturated carbocycles. The van der Waals surface area contributed by atoms with Crippen LogP contribution in [0, 0.1) is 0 Å². The summed E-state index contributed by atoms with van der Waals surface area (Å²) in [6.07, 6.45) is 3.48. The molecule has 2 aliphatic rings. The molecule has 17 heavy (non-hydrogen) atoms. The molecule has 1 aromatic rings. The van der Waals surface area contributed by atoms with Crippen molar-refractivity contribution in [3.63, 3.8) is 0 Å². The van der Waals surface area contributed by atoms with Gasteiger partial charge in [-0.3, -0.25) is 0 Å². The Labute approximate surface area is 101 Å². The fraction of sp³-hybridized carbons (Fsp3) is 0.538. The normalized spacial score (nSPS) is 21.8. The van der Waals surface area contributed by atoms with Gasteiger partial charge < -0.3 is 19.5 Å². The van der Waals surface area contributed by atoms with Crippen molar-refractivity contribution in [1.29, 1.82) is 0 Å². The average Bonchev–Trinajstić information content (AvgIpc) is 2.98. The molecule has 3 rings (SSSR count). The highest BCUT2D eigenvalue weighted by Crippen LogP contribution is 2.38. The predicted octanol–water partition coefficient (Wildman–Crippen LogP) is 1.72. The molecule has 0 bridgehead atoms. The van der Waals surface area contributed by atoms with Gasteiger partial charge in [-0.1, -0.05) is 0 Å². The Balaban J connectivity index is 1.86. The summed E-state index contributed by atoms with van der Waals surface area (Å²) in [4.78, 5) is 0. The molecule has 1 N–H and O–H groups in total. The smallest absolute Gasteiger partial charge is 0.231 e. The Hall–Kier alpha value is -1.42. The van der Waals surface area contributed by atoms with Crippen LogP contribution in [-0.4, -0.2) is 26.5 Å². The summed E-state index contributed by atoms with van der Waals surface area (Å²) in [6, 6.07) is 4.53. The third-order valence-corrected chi connectivity index (χ3v) is 3.40. The van der Waals surface area contributed by atoms with E-state index in [0.29, 0.717) is 12.8 Å². The molecule has 1 saturated heterocycles. The number of nitrogens with one attached hydrogen (secondary N) is 1. The van der Waals surface area contributed by atoms with Crippen LogP contribution >= 0.6 is 0 Å². The zero-order valence-corrected chi connectivity index (χ0v) is 9.99. The van der Waals surface area contributed by atoms with Gasteiger partial charge in [0, 0.05) is 12.1 Å². The quantitative estimate of drug-likeness (QED) is 0.866. The van der Waals surface area contributed by atoms with Crippen LogP contribution in [0.15, 0.2) is 12.1 Å². The first kappa shape index (κ1) is 10.7. The zero-order chi connectivity index (χ0) is 11.7. The van der Waals surface area contributed by atoms with Crippen molar-refractivity contribution < 1.29 is 14.2 Å². The minimum Gasteiger partial charge on any atom is -0.496 e. The Bertz CT molecular complexity index is 413. The van der Waals surface area contributed by atoms with E-state index in [0.717, 1.165) is 30.2 Å². The maximum absolute atomic E-state index is 5.42. The van der Waals surface area contributed by atoms with Crippen LogP contribution in [0.2, 0.25) is 0 Å². The van der Waals surface area contributed by atoms with E-state index in [1.807, 2.05) is 12.1 Å². The Morgan fingerprint density at radius 1 is 1.35 bits per heavy atom. The largest absolute Gasteiger partial charge is 0.496 e. The van der Waals surface area contributed by atoms with Crippen molar-refractivity contribution in [2.75, 3.05) is 20.4 Å². The van der Waals surface area contributed by atoms with E-state index in [4.69, 9.17) is 14.2 Å². The molecule has 1 fully saturated rings. The first-order chi connectivity index (χ1) is 8.36. The topological polar surface area (TPSA) is 39.7 Å². The average molecular weight is 235 g/mol. The lowest BCUT2D eigenvalue weighted by molar-refractivity contribution is 0.174. The molecule has 4 heteroatoms. The molecule has 4 nitrogen and oxygen atoms in total. The molecule has 1 aromatic carbocycles. The zero-order valence-electron chi connectivity index (χ0n) is 9.99. The van der Waals surface area contributed by atoms with Crippen LogP contribution in [0.5, 0.6) is 17.2 Å². The summed E-state index contributed by atoms with van der Waals surface area (Å²) in [7, 11) is 1.70. The molecule has 0 amide bonds. The Morgan fingerprint density at radius 2 is 2.18 bits per heavy atom. The minimum atomic E-state index is 0.309. The summed E-state index contributed by atoms with van der Waals surface area (Å²) in [5.74, 6) is 2.51. The lowest BCUT2D eigenvalue weighted by Gasteiger charge is -2.14. The number of hydrogen-bond acceptors (Lipinski definition) is 4. The highest BCUT2D eigenvalue weighted by molar-refractivity contribution is 5.52. The molecule has 1 atom stereocenters. The van der Waals surface area contributed by atoms with Gasteiger partial charge in [-0.15, -0.1) is 0 Å². The van der Waals surface area contributed by atoms with Crippen molar-refractivity contribution >= 4 is 0 Å². The highest BCUT2D eigenvalue weighted by atomic mass is 16.7. The Kier molecular flexibility index (Phi) is 2.81. The lowest BCUT2D eigenvalue weighted by atomic mass is 10.0. The maximum atomic E-state index is 5.42. The van der Waals surface area contributed by atoms with Crippen LogP contribution in [-0.2, 0) is 6.42 Å². The van der Waals surface area contributed by atoms with Crippen molar-refractivity contribution in [1.82, 2.24) is 5.32 Å². The summed E-state index contributed by atoms with van der Waals surface area (Å²) in [6.45, 7) is 1.43. The molecule has 1 unspecified atom stereocenters. The van der Waals surface area contributed by atoms with E-state index < -0.39 is 0 Å². The number of fused-ring (bicyclic) bond motifs is 1. The van der Waals surface area contributed by atoms with Crippen LogP contribution in [0.1, 0.15) is 18.4 Å². The first-order valence-electron chi connectivity index (χ1n) is 6.06. The summed E-state index contributed by atoms with van der Waals surface area (Å²) in [5, 5.41) is 3.50. The van der Waals surface area contributed by atoms with Gasteiger partial charge in [-0.05, 0) is 37.4 Å². The van der Waals surface area contributed by atoms with E-state index in [9.17, 15) is 0 Å². The third kappa shape index (κ3) is 2.05. The van der Waals surface area contributed by atoms with Crippen LogP contribution in [0.4, 0.5) is 0 Å². The standard InChI is InChI=1S/C13H17NO3/c1-15-11-7-13-12(16-8-17-13)6-9(11)5-10-3-2-4-14-10/h6-7,10,14H,2-5,8H2,1H3. The second-order valence-electron chi connectivity index (χ2n) is 4.51. The molecule has 0 spiro atoms. The van der Waals surface area contributed by atoms with Crippen LogP contribution in [0.25, 0.3) is 0 Å². The molecular weight excluding hydrogens is 218 g/mol. The minimum absolute atomic E-state index is 0.309. The van der Waals surface area contributed by atoms with E-state index >= 15 is 0 Å². The van der Waals surface area contributed by atoms with Gasteiger partial charge in [-0.25, -0.2) is 0 Å². The fourth-order valence-electron chi connectivity index (χ4n) is 2.51. The van der Waals surface area contributed by atoms with Crippen LogP contribution in [0.3, 0.4) is 0 Å². The molecule has 92 valence electrons. The van der Waals surface area contributed by atoms with Crippen molar-refractivity contribution in [3.8, 4) is 17.2 Å². The number of methoxy groups -OCH3 is 1. The third-order valence-electron chi connectivity index (χ3n) is 3.40. The van der Waals surface area contributed by atoms with E-state index in [1.54, 1.807) is 7.11 Å². The van der Waals surface area contributed by atoms with E-state index in [-0.39, 0.29) is 0 Å². The second kappa shape index (κ2) is 4.45. The van der Waals surface area contributed by atoms with Gasteiger partial charge in [0.1, 0.15) is 5.75 Å². The highest BCUT2D eigenvalue weighted by Gasteiger charge is 2.21. The van der Waals surface area contributed by atoms with Crippen molar-refractivity contribution in [3.05, 3.63) is 17.7 Å². The summed E-state index contributed by atoms with van der Waals surface area (Å²) >= 11 is 0. The molecule has 0 aromatic heterocycles. The van der Waals surface area contributed by atoms with Gasteiger partial charge in [0.2, 0.25) is 6.79 Å². The van der Waals surface area contributed by atoms with Gasteiger partial charge in [0.15, 0.2) is 11.5 Å². The molecule has 0 aliphatic carbocycles. The number of rotatable bonds is 3. The Morgan fingerprint density at radius 3 is 2.88 bits per heavy atom. The molecular formula is C13H17NO3. The van der Waals surface area contributed by atoms with E-state index in [2.05, 4.69) is 5.32 Å². The van der Waals surface area contributed by atoms with Crippen molar-refractivity contribution in [2.24, 2.45) is 0 Å². The monoisotopic (exact) mass is 235 g/mol. The van der Waals surface area contributed by atoms with Gasteiger partial charge in [-0.2, -0.15) is 0 Å². The fourth-order valence-corrected chi connectivity index (χ4v) is 2.51. The summed E-state index contributed by atoms with van der Waals surface area (Å²) < 4.78 is 16.2. The number of benzene rings is 1.